The number of ether oxygens (including phenoxy) is 1. The molecular formula is C13H16FN3O. The molecule has 96 valence electrons. The van der Waals surface area contributed by atoms with Crippen molar-refractivity contribution in [1.82, 2.24) is 9.55 Å². The number of anilines is 1. The third kappa shape index (κ3) is 2.16. The molecule has 0 aliphatic rings. The van der Waals surface area contributed by atoms with Crippen molar-refractivity contribution in [2.75, 3.05) is 12.3 Å². The summed E-state index contributed by atoms with van der Waals surface area (Å²) < 4.78 is 20.7. The summed E-state index contributed by atoms with van der Waals surface area (Å²) in [6.45, 7) is 4.22. The van der Waals surface area contributed by atoms with Gasteiger partial charge in [0.2, 0.25) is 0 Å². The number of halogens is 1. The van der Waals surface area contributed by atoms with Crippen LogP contribution in [0.1, 0.15) is 19.7 Å². The van der Waals surface area contributed by atoms with Gasteiger partial charge in [0, 0.05) is 30.9 Å². The summed E-state index contributed by atoms with van der Waals surface area (Å²) in [5.74, 6) is 0.629. The second-order valence-electron chi connectivity index (χ2n) is 3.84. The third-order valence-electron chi connectivity index (χ3n) is 2.67. The molecular weight excluding hydrogens is 233 g/mol. The Balaban J connectivity index is 2.53. The van der Waals surface area contributed by atoms with Crippen LogP contribution in [0.2, 0.25) is 0 Å². The molecule has 18 heavy (non-hydrogen) atoms. The number of aryl methyl sites for hydroxylation is 1. The molecule has 0 aliphatic heterocycles. The third-order valence-corrected chi connectivity index (χ3v) is 2.67. The number of hydrogen-bond donors (Lipinski definition) is 1. The molecule has 0 saturated carbocycles. The lowest BCUT2D eigenvalue weighted by molar-refractivity contribution is 0.321. The highest BCUT2D eigenvalue weighted by molar-refractivity contribution is 5.61. The summed E-state index contributed by atoms with van der Waals surface area (Å²) >= 11 is 0. The maximum atomic E-state index is 13.6. The fraction of sp³-hybridized carbons (Fsp3) is 0.308. The van der Waals surface area contributed by atoms with Gasteiger partial charge in [0.15, 0.2) is 11.6 Å². The van der Waals surface area contributed by atoms with Crippen molar-refractivity contribution in [3.05, 3.63) is 36.2 Å². The largest absolute Gasteiger partial charge is 0.491 e. The molecule has 4 nitrogen and oxygen atoms in total. The maximum Gasteiger partial charge on any atom is 0.167 e. The van der Waals surface area contributed by atoms with Crippen LogP contribution in [0.3, 0.4) is 0 Å². The number of nitrogen functional groups attached to an aromatic ring is 1. The smallest absolute Gasteiger partial charge is 0.167 e. The maximum absolute atomic E-state index is 13.6. The summed E-state index contributed by atoms with van der Waals surface area (Å²) in [5.41, 5.74) is 6.91. The fourth-order valence-corrected chi connectivity index (χ4v) is 1.85. The predicted molar refractivity (Wildman–Crippen MR) is 68.5 cm³/mol. The number of rotatable bonds is 4. The predicted octanol–water partition coefficient (Wildman–Crippen LogP) is 2.55. The Bertz CT molecular complexity index is 551. The summed E-state index contributed by atoms with van der Waals surface area (Å²) in [4.78, 5) is 4.22. The van der Waals surface area contributed by atoms with Crippen molar-refractivity contribution in [1.29, 1.82) is 0 Å². The van der Waals surface area contributed by atoms with Crippen molar-refractivity contribution in [3.8, 4) is 11.4 Å². The van der Waals surface area contributed by atoms with Gasteiger partial charge in [-0.2, -0.15) is 0 Å². The average Bonchev–Trinajstić information content (AvgIpc) is 2.80. The molecule has 0 aliphatic carbocycles. The molecule has 1 aromatic heterocycles. The second-order valence-corrected chi connectivity index (χ2v) is 3.84. The lowest BCUT2D eigenvalue weighted by Crippen LogP contribution is -2.05. The number of benzene rings is 1. The average molecular weight is 249 g/mol. The highest BCUT2D eigenvalue weighted by atomic mass is 19.1. The van der Waals surface area contributed by atoms with Crippen LogP contribution >= 0.6 is 0 Å². The lowest BCUT2D eigenvalue weighted by Gasteiger charge is -2.13. The highest BCUT2D eigenvalue weighted by Gasteiger charge is 2.12. The summed E-state index contributed by atoms with van der Waals surface area (Å²) in [5, 5.41) is 0. The van der Waals surface area contributed by atoms with Crippen molar-refractivity contribution < 1.29 is 9.13 Å². The van der Waals surface area contributed by atoms with Crippen molar-refractivity contribution in [2.45, 2.75) is 20.3 Å². The summed E-state index contributed by atoms with van der Waals surface area (Å²) in [6, 6.07) is 2.88. The van der Waals surface area contributed by atoms with Gasteiger partial charge in [-0.3, -0.25) is 0 Å². The van der Waals surface area contributed by atoms with Crippen LogP contribution in [0, 0.1) is 5.82 Å². The van der Waals surface area contributed by atoms with Gasteiger partial charge in [-0.25, -0.2) is 9.37 Å². The first-order chi connectivity index (χ1) is 8.67. The zero-order valence-corrected chi connectivity index (χ0v) is 10.5. The van der Waals surface area contributed by atoms with E-state index in [4.69, 9.17) is 10.5 Å². The van der Waals surface area contributed by atoms with E-state index in [-0.39, 0.29) is 5.75 Å². The molecule has 0 unspecified atom stereocenters. The Morgan fingerprint density at radius 2 is 2.17 bits per heavy atom. The SMILES string of the molecule is CCOc1cc(-n2ccnc2CC)c(N)cc1F. The van der Waals surface area contributed by atoms with Gasteiger partial charge in [-0.1, -0.05) is 6.92 Å². The molecule has 0 radical (unpaired) electrons. The monoisotopic (exact) mass is 249 g/mol. The van der Waals surface area contributed by atoms with E-state index in [1.165, 1.54) is 6.07 Å². The number of imidazole rings is 1. The Labute approximate surface area is 105 Å². The zero-order chi connectivity index (χ0) is 13.1. The van der Waals surface area contributed by atoms with E-state index in [1.54, 1.807) is 18.5 Å². The van der Waals surface area contributed by atoms with E-state index < -0.39 is 5.82 Å². The van der Waals surface area contributed by atoms with Crippen LogP contribution in [0.5, 0.6) is 5.75 Å². The first-order valence-electron chi connectivity index (χ1n) is 5.91. The molecule has 0 spiro atoms. The minimum atomic E-state index is -0.448. The van der Waals surface area contributed by atoms with E-state index in [0.717, 1.165) is 12.2 Å². The van der Waals surface area contributed by atoms with Crippen molar-refractivity contribution in [3.63, 3.8) is 0 Å². The number of hydrogen-bond acceptors (Lipinski definition) is 3. The molecule has 1 heterocycles. The molecule has 5 heteroatoms. The van der Waals surface area contributed by atoms with Gasteiger partial charge in [-0.05, 0) is 6.92 Å². The van der Waals surface area contributed by atoms with Gasteiger partial charge in [-0.15, -0.1) is 0 Å². The molecule has 0 amide bonds. The van der Waals surface area contributed by atoms with Crippen LogP contribution in [0.15, 0.2) is 24.5 Å². The minimum absolute atomic E-state index is 0.206. The molecule has 0 saturated heterocycles. The molecule has 2 aromatic rings. The number of aromatic nitrogens is 2. The Morgan fingerprint density at radius 3 is 2.83 bits per heavy atom. The van der Waals surface area contributed by atoms with E-state index in [9.17, 15) is 4.39 Å². The normalized spacial score (nSPS) is 10.6. The Morgan fingerprint density at radius 1 is 1.39 bits per heavy atom. The van der Waals surface area contributed by atoms with Gasteiger partial charge < -0.3 is 15.0 Å². The molecule has 0 atom stereocenters. The van der Waals surface area contributed by atoms with E-state index in [2.05, 4.69) is 4.98 Å². The van der Waals surface area contributed by atoms with E-state index in [1.807, 2.05) is 18.4 Å². The summed E-state index contributed by atoms with van der Waals surface area (Å²) in [6.07, 6.45) is 4.27. The highest BCUT2D eigenvalue weighted by Crippen LogP contribution is 2.27. The summed E-state index contributed by atoms with van der Waals surface area (Å²) in [7, 11) is 0. The molecule has 0 bridgehead atoms. The molecule has 0 fully saturated rings. The van der Waals surface area contributed by atoms with Gasteiger partial charge >= 0.3 is 0 Å². The van der Waals surface area contributed by atoms with Crippen LogP contribution in [0.25, 0.3) is 5.69 Å². The molecule has 2 N–H and O–H groups in total. The number of nitrogens with zero attached hydrogens (tertiary/aromatic N) is 2. The van der Waals surface area contributed by atoms with E-state index in [0.29, 0.717) is 18.0 Å². The molecule has 2 rings (SSSR count). The lowest BCUT2D eigenvalue weighted by atomic mass is 10.2. The number of nitrogens with two attached hydrogens (primary N) is 1. The van der Waals surface area contributed by atoms with Gasteiger partial charge in [0.1, 0.15) is 5.82 Å². The topological polar surface area (TPSA) is 53.1 Å². The van der Waals surface area contributed by atoms with Crippen molar-refractivity contribution in [2.24, 2.45) is 0 Å². The van der Waals surface area contributed by atoms with Crippen LogP contribution in [-0.2, 0) is 6.42 Å². The standard InChI is InChI=1S/C13H16FN3O/c1-3-13-16-5-6-17(13)11-8-12(18-4-2)9(14)7-10(11)15/h5-8H,3-4,15H2,1-2H3. The zero-order valence-electron chi connectivity index (χ0n) is 10.5. The fourth-order valence-electron chi connectivity index (χ4n) is 1.85. The molecule has 1 aromatic carbocycles. The first-order valence-corrected chi connectivity index (χ1v) is 5.91. The van der Waals surface area contributed by atoms with Crippen LogP contribution < -0.4 is 10.5 Å². The van der Waals surface area contributed by atoms with Crippen LogP contribution in [0.4, 0.5) is 10.1 Å². The van der Waals surface area contributed by atoms with Gasteiger partial charge in [0.25, 0.3) is 0 Å². The van der Waals surface area contributed by atoms with Crippen molar-refractivity contribution >= 4 is 5.69 Å². The second kappa shape index (κ2) is 5.08. The quantitative estimate of drug-likeness (QED) is 0.847. The van der Waals surface area contributed by atoms with Gasteiger partial charge in [0.05, 0.1) is 18.0 Å². The van der Waals surface area contributed by atoms with E-state index >= 15 is 0 Å². The van der Waals surface area contributed by atoms with Crippen LogP contribution in [-0.4, -0.2) is 16.2 Å². The first kappa shape index (κ1) is 12.4. The Kier molecular flexibility index (Phi) is 3.50. The minimum Gasteiger partial charge on any atom is -0.491 e. The Hall–Kier alpha value is -2.04.